The average Bonchev–Trinajstić information content (AvgIpc) is 2.05. The Balaban J connectivity index is 3.88. The second-order valence-corrected chi connectivity index (χ2v) is 4.34. The molecule has 0 aromatic rings. The van der Waals surface area contributed by atoms with Gasteiger partial charge >= 0.3 is 0 Å². The molecule has 2 heteroatoms. The Morgan fingerprint density at radius 2 is 2.08 bits per heavy atom. The van der Waals surface area contributed by atoms with Crippen molar-refractivity contribution in [3.63, 3.8) is 0 Å². The first-order valence-corrected chi connectivity index (χ1v) is 5.87. The standard InChI is InChI=1S/C10H21NS/c1-8(2)9(3)10(11-4)6-7-12-5/h8,10-11H,3,6-7H2,1-2,4-5H3. The van der Waals surface area contributed by atoms with Crippen molar-refractivity contribution in [1.82, 2.24) is 5.32 Å². The monoisotopic (exact) mass is 187 g/mol. The molecule has 1 nitrogen and oxygen atoms in total. The van der Waals surface area contributed by atoms with Crippen molar-refractivity contribution in [2.75, 3.05) is 19.1 Å². The first kappa shape index (κ1) is 12.0. The highest BCUT2D eigenvalue weighted by Crippen LogP contribution is 2.15. The highest BCUT2D eigenvalue weighted by Gasteiger charge is 2.11. The molecule has 0 aliphatic carbocycles. The molecule has 0 bridgehead atoms. The summed E-state index contributed by atoms with van der Waals surface area (Å²) in [4.78, 5) is 0. The van der Waals surface area contributed by atoms with E-state index in [2.05, 4.69) is 32.0 Å². The Hall–Kier alpha value is 0.0500. The minimum Gasteiger partial charge on any atom is -0.313 e. The summed E-state index contributed by atoms with van der Waals surface area (Å²) in [6, 6.07) is 0.498. The Morgan fingerprint density at radius 3 is 2.42 bits per heavy atom. The maximum Gasteiger partial charge on any atom is 0.0284 e. The van der Waals surface area contributed by atoms with E-state index in [-0.39, 0.29) is 0 Å². The van der Waals surface area contributed by atoms with Crippen LogP contribution in [0, 0.1) is 5.92 Å². The largest absolute Gasteiger partial charge is 0.313 e. The van der Waals surface area contributed by atoms with Crippen molar-refractivity contribution in [3.05, 3.63) is 12.2 Å². The molecule has 12 heavy (non-hydrogen) atoms. The second-order valence-electron chi connectivity index (χ2n) is 3.35. The normalized spacial score (nSPS) is 13.4. The second kappa shape index (κ2) is 6.55. The number of nitrogens with one attached hydrogen (secondary N) is 1. The topological polar surface area (TPSA) is 12.0 Å². The predicted octanol–water partition coefficient (Wildman–Crippen LogP) is 2.54. The fraction of sp³-hybridized carbons (Fsp3) is 0.800. The van der Waals surface area contributed by atoms with Crippen LogP contribution in [-0.4, -0.2) is 25.1 Å². The quantitative estimate of drug-likeness (QED) is 0.641. The summed E-state index contributed by atoms with van der Waals surface area (Å²) in [5.41, 5.74) is 1.33. The van der Waals surface area contributed by atoms with E-state index < -0.39 is 0 Å². The molecule has 0 saturated heterocycles. The van der Waals surface area contributed by atoms with Gasteiger partial charge in [0.15, 0.2) is 0 Å². The molecule has 0 radical (unpaired) electrons. The molecule has 0 rings (SSSR count). The summed E-state index contributed by atoms with van der Waals surface area (Å²) in [6.45, 7) is 8.51. The van der Waals surface area contributed by atoms with E-state index in [0.717, 1.165) is 0 Å². The van der Waals surface area contributed by atoms with Crippen LogP contribution in [0.5, 0.6) is 0 Å². The molecular weight excluding hydrogens is 166 g/mol. The summed E-state index contributed by atoms with van der Waals surface area (Å²) in [5.74, 6) is 1.79. The van der Waals surface area contributed by atoms with Gasteiger partial charge in [-0.3, -0.25) is 0 Å². The fourth-order valence-electron chi connectivity index (χ4n) is 1.15. The highest BCUT2D eigenvalue weighted by molar-refractivity contribution is 7.98. The van der Waals surface area contributed by atoms with E-state index in [9.17, 15) is 0 Å². The first-order chi connectivity index (χ1) is 5.63. The first-order valence-electron chi connectivity index (χ1n) is 4.48. The number of likely N-dealkylation sites (N-methyl/N-ethyl adjacent to an activating group) is 1. The Labute approximate surface area is 81.0 Å². The number of rotatable bonds is 6. The van der Waals surface area contributed by atoms with Crippen molar-refractivity contribution in [3.8, 4) is 0 Å². The number of hydrogen-bond acceptors (Lipinski definition) is 2. The van der Waals surface area contributed by atoms with E-state index in [1.807, 2.05) is 18.8 Å². The van der Waals surface area contributed by atoms with E-state index in [1.165, 1.54) is 17.7 Å². The predicted molar refractivity (Wildman–Crippen MR) is 59.8 cm³/mol. The van der Waals surface area contributed by atoms with Crippen LogP contribution in [0.25, 0.3) is 0 Å². The van der Waals surface area contributed by atoms with Gasteiger partial charge in [-0.2, -0.15) is 11.8 Å². The molecule has 0 aliphatic rings. The summed E-state index contributed by atoms with van der Waals surface area (Å²) >= 11 is 1.89. The van der Waals surface area contributed by atoms with Gasteiger partial charge in [0, 0.05) is 6.04 Å². The Morgan fingerprint density at radius 1 is 1.50 bits per heavy atom. The van der Waals surface area contributed by atoms with Gasteiger partial charge < -0.3 is 5.32 Å². The van der Waals surface area contributed by atoms with Crippen LogP contribution >= 0.6 is 11.8 Å². The molecule has 0 heterocycles. The Bertz CT molecular complexity index is 132. The van der Waals surface area contributed by atoms with Crippen LogP contribution < -0.4 is 5.32 Å². The number of hydrogen-bond donors (Lipinski definition) is 1. The minimum absolute atomic E-state index is 0.498. The number of thioether (sulfide) groups is 1. The van der Waals surface area contributed by atoms with Gasteiger partial charge in [0.1, 0.15) is 0 Å². The van der Waals surface area contributed by atoms with Crippen molar-refractivity contribution in [2.24, 2.45) is 5.92 Å². The van der Waals surface area contributed by atoms with Crippen LogP contribution in [-0.2, 0) is 0 Å². The SMILES string of the molecule is C=C(C(C)C)C(CCSC)NC. The van der Waals surface area contributed by atoms with E-state index in [1.54, 1.807) is 0 Å². The molecular formula is C10H21NS. The average molecular weight is 187 g/mol. The zero-order chi connectivity index (χ0) is 9.56. The summed E-state index contributed by atoms with van der Waals surface area (Å²) in [5, 5.41) is 3.31. The minimum atomic E-state index is 0.498. The Kier molecular flexibility index (Phi) is 6.58. The third-order valence-electron chi connectivity index (χ3n) is 2.15. The molecule has 0 aliphatic heterocycles. The molecule has 0 saturated carbocycles. The van der Waals surface area contributed by atoms with Gasteiger partial charge in [0.05, 0.1) is 0 Å². The van der Waals surface area contributed by atoms with Crippen LogP contribution in [0.1, 0.15) is 20.3 Å². The molecule has 0 amide bonds. The molecule has 0 aromatic carbocycles. The molecule has 0 fully saturated rings. The van der Waals surface area contributed by atoms with Gasteiger partial charge in [0.25, 0.3) is 0 Å². The third kappa shape index (κ3) is 4.17. The van der Waals surface area contributed by atoms with Crippen molar-refractivity contribution >= 4 is 11.8 Å². The van der Waals surface area contributed by atoms with Gasteiger partial charge in [0.2, 0.25) is 0 Å². The maximum atomic E-state index is 4.11. The molecule has 1 N–H and O–H groups in total. The smallest absolute Gasteiger partial charge is 0.0284 e. The third-order valence-corrected chi connectivity index (χ3v) is 2.79. The van der Waals surface area contributed by atoms with Crippen LogP contribution in [0.15, 0.2) is 12.2 Å². The highest BCUT2D eigenvalue weighted by atomic mass is 32.2. The van der Waals surface area contributed by atoms with Crippen molar-refractivity contribution in [2.45, 2.75) is 26.3 Å². The molecule has 0 spiro atoms. The zero-order valence-corrected chi connectivity index (χ0v) is 9.50. The summed E-state index contributed by atoms with van der Waals surface area (Å²) in [6.07, 6.45) is 3.33. The van der Waals surface area contributed by atoms with Gasteiger partial charge in [-0.15, -0.1) is 0 Å². The van der Waals surface area contributed by atoms with Gasteiger partial charge in [-0.25, -0.2) is 0 Å². The summed E-state index contributed by atoms with van der Waals surface area (Å²) in [7, 11) is 2.01. The fourth-order valence-corrected chi connectivity index (χ4v) is 1.62. The lowest BCUT2D eigenvalue weighted by molar-refractivity contribution is 0.559. The van der Waals surface area contributed by atoms with Crippen molar-refractivity contribution < 1.29 is 0 Å². The van der Waals surface area contributed by atoms with E-state index >= 15 is 0 Å². The lowest BCUT2D eigenvalue weighted by Crippen LogP contribution is -2.29. The molecule has 1 atom stereocenters. The molecule has 1 unspecified atom stereocenters. The van der Waals surface area contributed by atoms with Crippen LogP contribution in [0.4, 0.5) is 0 Å². The molecule has 72 valence electrons. The lowest BCUT2D eigenvalue weighted by Gasteiger charge is -2.21. The zero-order valence-electron chi connectivity index (χ0n) is 8.68. The van der Waals surface area contributed by atoms with Gasteiger partial charge in [-0.1, -0.05) is 26.0 Å². The van der Waals surface area contributed by atoms with E-state index in [4.69, 9.17) is 0 Å². The van der Waals surface area contributed by atoms with E-state index in [0.29, 0.717) is 12.0 Å². The lowest BCUT2D eigenvalue weighted by atomic mass is 9.96. The molecule has 0 aromatic heterocycles. The van der Waals surface area contributed by atoms with Crippen molar-refractivity contribution in [1.29, 1.82) is 0 Å². The maximum absolute atomic E-state index is 4.11. The van der Waals surface area contributed by atoms with Crippen LogP contribution in [0.2, 0.25) is 0 Å². The summed E-state index contributed by atoms with van der Waals surface area (Å²) < 4.78 is 0. The van der Waals surface area contributed by atoms with Crippen LogP contribution in [0.3, 0.4) is 0 Å². The van der Waals surface area contributed by atoms with Gasteiger partial charge in [-0.05, 0) is 31.4 Å².